The summed E-state index contributed by atoms with van der Waals surface area (Å²) in [7, 11) is 0. The second-order valence-corrected chi connectivity index (χ2v) is 9.00. The zero-order valence-corrected chi connectivity index (χ0v) is 15.4. The van der Waals surface area contributed by atoms with Gasteiger partial charge in [0, 0.05) is 36.1 Å². The summed E-state index contributed by atoms with van der Waals surface area (Å²) in [5.41, 5.74) is 0.772. The molecule has 2 heterocycles. The summed E-state index contributed by atoms with van der Waals surface area (Å²) in [6, 6.07) is 1.98. The first kappa shape index (κ1) is 17.2. The van der Waals surface area contributed by atoms with Gasteiger partial charge in [0.15, 0.2) is 0 Å². The Balaban J connectivity index is 2.25. The molecule has 5 nitrogen and oxygen atoms in total. The molecule has 0 unspecified atom stereocenters. The van der Waals surface area contributed by atoms with Crippen molar-refractivity contribution in [3.63, 3.8) is 0 Å². The number of nitrogens with zero attached hydrogens (tertiary/aromatic N) is 3. The van der Waals surface area contributed by atoms with E-state index in [-0.39, 0.29) is 17.0 Å². The molecule has 22 heavy (non-hydrogen) atoms. The lowest BCUT2D eigenvalue weighted by atomic mass is 9.92. The minimum Gasteiger partial charge on any atom is -0.323 e. The molecule has 1 aliphatic heterocycles. The average molecular weight is 324 g/mol. The Hall–Kier alpha value is -1.17. The van der Waals surface area contributed by atoms with E-state index in [0.717, 1.165) is 36.1 Å². The lowest BCUT2D eigenvalue weighted by molar-refractivity contribution is 0.216. The molecule has 2 rings (SSSR count). The number of urea groups is 1. The molecule has 0 aromatic carbocycles. The zero-order chi connectivity index (χ0) is 16.5. The molecule has 0 atom stereocenters. The Morgan fingerprint density at radius 1 is 1.18 bits per heavy atom. The number of hydrogen-bond donors (Lipinski definition) is 1. The molecule has 1 aromatic heterocycles. The molecule has 0 aliphatic carbocycles. The number of rotatable bonds is 1. The Morgan fingerprint density at radius 3 is 2.27 bits per heavy atom. The second kappa shape index (κ2) is 6.14. The maximum Gasteiger partial charge on any atom is 0.323 e. The van der Waals surface area contributed by atoms with Gasteiger partial charge in [-0.1, -0.05) is 20.8 Å². The van der Waals surface area contributed by atoms with Crippen molar-refractivity contribution < 1.29 is 4.79 Å². The van der Waals surface area contributed by atoms with Crippen LogP contribution in [0.25, 0.3) is 0 Å². The predicted octanol–water partition coefficient (Wildman–Crippen LogP) is 3.52. The summed E-state index contributed by atoms with van der Waals surface area (Å²) < 4.78 is 1.92. The monoisotopic (exact) mass is 324 g/mol. The molecule has 1 aliphatic rings. The quantitative estimate of drug-likeness (QED) is 0.860. The molecule has 0 saturated carbocycles. The molecule has 124 valence electrons. The van der Waals surface area contributed by atoms with Gasteiger partial charge in [-0.3, -0.25) is 5.32 Å². The van der Waals surface area contributed by atoms with Crippen LogP contribution in [-0.4, -0.2) is 45.3 Å². The Bertz CT molecular complexity index is 533. The maximum atomic E-state index is 12.5. The third kappa shape index (κ3) is 3.97. The lowest BCUT2D eigenvalue weighted by Gasteiger charge is -2.28. The summed E-state index contributed by atoms with van der Waals surface area (Å²) in [5.74, 6) is 2.80. The highest BCUT2D eigenvalue weighted by atomic mass is 32.2. The first-order valence-electron chi connectivity index (χ1n) is 7.84. The van der Waals surface area contributed by atoms with Gasteiger partial charge in [-0.05, 0) is 20.8 Å². The van der Waals surface area contributed by atoms with Gasteiger partial charge in [0.2, 0.25) is 0 Å². The van der Waals surface area contributed by atoms with E-state index in [0.29, 0.717) is 0 Å². The number of carbonyl (C=O) groups is 1. The van der Waals surface area contributed by atoms with Gasteiger partial charge in [-0.2, -0.15) is 16.9 Å². The van der Waals surface area contributed by atoms with E-state index in [1.807, 2.05) is 27.4 Å². The van der Waals surface area contributed by atoms with Gasteiger partial charge in [0.1, 0.15) is 5.82 Å². The van der Waals surface area contributed by atoms with Gasteiger partial charge < -0.3 is 4.90 Å². The molecule has 1 aromatic rings. The molecule has 1 saturated heterocycles. The van der Waals surface area contributed by atoms with Crippen LogP contribution >= 0.6 is 11.8 Å². The molecule has 6 heteroatoms. The zero-order valence-electron chi connectivity index (χ0n) is 14.6. The molecular weight excluding hydrogens is 296 g/mol. The van der Waals surface area contributed by atoms with Crippen LogP contribution in [0.15, 0.2) is 6.07 Å². The first-order chi connectivity index (χ1) is 10.1. The molecule has 0 bridgehead atoms. The first-order valence-corrected chi connectivity index (χ1v) is 8.99. The van der Waals surface area contributed by atoms with Crippen LogP contribution in [0.3, 0.4) is 0 Å². The van der Waals surface area contributed by atoms with Crippen molar-refractivity contribution in [1.29, 1.82) is 0 Å². The van der Waals surface area contributed by atoms with E-state index in [2.05, 4.69) is 46.9 Å². The highest BCUT2D eigenvalue weighted by Gasteiger charge is 2.27. The number of nitrogens with one attached hydrogen (secondary N) is 1. The van der Waals surface area contributed by atoms with E-state index in [9.17, 15) is 4.79 Å². The standard InChI is InChI=1S/C16H28N4OS/c1-15(2,3)12-11-13(20(18-12)16(4,5)6)17-14(21)19-7-9-22-10-8-19/h11H,7-10H2,1-6H3,(H,17,21). The van der Waals surface area contributed by atoms with Crippen molar-refractivity contribution in [2.24, 2.45) is 0 Å². The summed E-state index contributed by atoms with van der Waals surface area (Å²) in [4.78, 5) is 14.4. The Labute approximate surface area is 137 Å². The van der Waals surface area contributed by atoms with Gasteiger partial charge in [0.05, 0.1) is 11.2 Å². The summed E-state index contributed by atoms with van der Waals surface area (Å²) in [6.45, 7) is 14.3. The van der Waals surface area contributed by atoms with Crippen molar-refractivity contribution >= 4 is 23.6 Å². The Morgan fingerprint density at radius 2 is 1.77 bits per heavy atom. The summed E-state index contributed by atoms with van der Waals surface area (Å²) in [6.07, 6.45) is 0. The average Bonchev–Trinajstić information content (AvgIpc) is 2.83. The van der Waals surface area contributed by atoms with Crippen molar-refractivity contribution in [3.8, 4) is 0 Å². The molecule has 0 radical (unpaired) electrons. The van der Waals surface area contributed by atoms with Crippen LogP contribution in [0.1, 0.15) is 47.2 Å². The number of aromatic nitrogens is 2. The number of thioether (sulfide) groups is 1. The lowest BCUT2D eigenvalue weighted by Crippen LogP contribution is -2.41. The number of hydrogen-bond acceptors (Lipinski definition) is 3. The van der Waals surface area contributed by atoms with E-state index in [1.54, 1.807) is 0 Å². The van der Waals surface area contributed by atoms with Crippen molar-refractivity contribution in [1.82, 2.24) is 14.7 Å². The van der Waals surface area contributed by atoms with Gasteiger partial charge in [-0.15, -0.1) is 0 Å². The van der Waals surface area contributed by atoms with Gasteiger partial charge in [-0.25, -0.2) is 9.48 Å². The minimum absolute atomic E-state index is 0.0221. The van der Waals surface area contributed by atoms with Crippen LogP contribution < -0.4 is 5.32 Å². The highest BCUT2D eigenvalue weighted by Crippen LogP contribution is 2.28. The van der Waals surface area contributed by atoms with E-state index < -0.39 is 0 Å². The largest absolute Gasteiger partial charge is 0.323 e. The minimum atomic E-state index is -0.177. The molecule has 0 spiro atoms. The van der Waals surface area contributed by atoms with E-state index in [4.69, 9.17) is 5.10 Å². The Kier molecular flexibility index (Phi) is 4.80. The van der Waals surface area contributed by atoms with Crippen molar-refractivity contribution in [3.05, 3.63) is 11.8 Å². The maximum absolute atomic E-state index is 12.5. The smallest absolute Gasteiger partial charge is 0.323 e. The predicted molar refractivity (Wildman–Crippen MR) is 93.8 cm³/mol. The number of amides is 2. The fraction of sp³-hybridized carbons (Fsp3) is 0.750. The van der Waals surface area contributed by atoms with E-state index >= 15 is 0 Å². The van der Waals surface area contributed by atoms with Crippen molar-refractivity contribution in [2.75, 3.05) is 29.9 Å². The third-order valence-electron chi connectivity index (χ3n) is 3.65. The molecular formula is C16H28N4OS. The van der Waals surface area contributed by atoms with Crippen LogP contribution in [-0.2, 0) is 11.0 Å². The topological polar surface area (TPSA) is 50.2 Å². The van der Waals surface area contributed by atoms with Gasteiger partial charge in [0.25, 0.3) is 0 Å². The van der Waals surface area contributed by atoms with E-state index in [1.165, 1.54) is 0 Å². The van der Waals surface area contributed by atoms with Crippen molar-refractivity contribution in [2.45, 2.75) is 52.5 Å². The van der Waals surface area contributed by atoms with Crippen LogP contribution in [0.5, 0.6) is 0 Å². The van der Waals surface area contributed by atoms with Crippen LogP contribution in [0, 0.1) is 0 Å². The highest BCUT2D eigenvalue weighted by molar-refractivity contribution is 7.99. The number of anilines is 1. The summed E-state index contributed by atoms with van der Waals surface area (Å²) in [5, 5.41) is 7.79. The summed E-state index contributed by atoms with van der Waals surface area (Å²) >= 11 is 1.90. The SMILES string of the molecule is CC(C)(C)c1cc(NC(=O)N2CCSCC2)n(C(C)(C)C)n1. The van der Waals surface area contributed by atoms with Gasteiger partial charge >= 0.3 is 6.03 Å². The normalized spacial score (nSPS) is 16.7. The second-order valence-electron chi connectivity index (χ2n) is 7.78. The van der Waals surface area contributed by atoms with Crippen LogP contribution in [0.2, 0.25) is 0 Å². The fourth-order valence-corrected chi connectivity index (χ4v) is 3.21. The van der Waals surface area contributed by atoms with Crippen LogP contribution in [0.4, 0.5) is 10.6 Å². The molecule has 1 N–H and O–H groups in total. The molecule has 2 amide bonds. The third-order valence-corrected chi connectivity index (χ3v) is 4.59. The molecule has 1 fully saturated rings. The number of carbonyl (C=O) groups excluding carboxylic acids is 1. The fourth-order valence-electron chi connectivity index (χ4n) is 2.30.